The highest BCUT2D eigenvalue weighted by molar-refractivity contribution is 7.92. The molecule has 2 atom stereocenters. The first-order valence-corrected chi connectivity index (χ1v) is 18.9. The van der Waals surface area contributed by atoms with Gasteiger partial charge < -0.3 is 25.8 Å². The summed E-state index contributed by atoms with van der Waals surface area (Å²) in [5.41, 5.74) is 8.23. The summed E-state index contributed by atoms with van der Waals surface area (Å²) >= 11 is 2.54. The molecule has 0 saturated heterocycles. The third-order valence-corrected chi connectivity index (χ3v) is 12.2. The number of nitrogen functional groups attached to an aromatic ring is 1. The quantitative estimate of drug-likeness (QED) is 0.148. The van der Waals surface area contributed by atoms with Gasteiger partial charge in [0.05, 0.1) is 41.3 Å². The number of nitrogens with one attached hydrogen (secondary N) is 2. The van der Waals surface area contributed by atoms with Crippen molar-refractivity contribution in [1.82, 2.24) is 19.9 Å². The fourth-order valence-electron chi connectivity index (χ4n) is 6.23. The van der Waals surface area contributed by atoms with Gasteiger partial charge in [0.25, 0.3) is 0 Å². The van der Waals surface area contributed by atoms with Crippen molar-refractivity contribution in [2.45, 2.75) is 47.3 Å². The first-order chi connectivity index (χ1) is 24.4. The van der Waals surface area contributed by atoms with E-state index in [0.717, 1.165) is 10.3 Å². The number of aromatic nitrogens is 4. The standard InChI is InChI=1S/C27H24F2N4O4S2.C7H7N3OS/c1-37-23-9-7-19-25(32-23)38-26(31-19)33-24(34)17(12-15-10-11-27(28,29)14-15)16-6-8-22-20(13-16)30-18-4-2-3-5-21(18)39(22,35)36;1-11-5-3-2-4-6(10-5)12-7(8)9-4/h2-9,13,15,17,30H,10-12,14H2,1H3,(H,31,33,34);2-3H,1H3,(H2,8,9). The van der Waals surface area contributed by atoms with E-state index in [1.807, 2.05) is 6.07 Å². The maximum absolute atomic E-state index is 14.0. The average molecular weight is 752 g/mol. The van der Waals surface area contributed by atoms with Gasteiger partial charge in [-0.1, -0.05) is 40.9 Å². The van der Waals surface area contributed by atoms with Crippen LogP contribution in [0.5, 0.6) is 11.8 Å². The summed E-state index contributed by atoms with van der Waals surface area (Å²) < 4.78 is 64.6. The molecule has 264 valence electrons. The lowest BCUT2D eigenvalue weighted by Crippen LogP contribution is -2.24. The van der Waals surface area contributed by atoms with E-state index < -0.39 is 27.6 Å². The zero-order chi connectivity index (χ0) is 35.9. The third-order valence-electron chi connectivity index (χ3n) is 8.66. The van der Waals surface area contributed by atoms with Gasteiger partial charge in [-0.25, -0.2) is 37.1 Å². The van der Waals surface area contributed by atoms with E-state index >= 15 is 0 Å². The van der Waals surface area contributed by atoms with Gasteiger partial charge in [-0.05, 0) is 60.7 Å². The molecular formula is C34H31F2N7O5S3. The number of methoxy groups -OCH3 is 2. The van der Waals surface area contributed by atoms with Gasteiger partial charge in [0.1, 0.15) is 20.7 Å². The van der Waals surface area contributed by atoms with Crippen LogP contribution in [0.4, 0.5) is 30.4 Å². The molecule has 4 N–H and O–H groups in total. The minimum absolute atomic E-state index is 0.0997. The molecule has 1 fully saturated rings. The van der Waals surface area contributed by atoms with Crippen molar-refractivity contribution < 1.29 is 31.5 Å². The van der Waals surface area contributed by atoms with Gasteiger partial charge in [0.2, 0.25) is 33.4 Å². The van der Waals surface area contributed by atoms with Crippen molar-refractivity contribution in [3.63, 3.8) is 0 Å². The molecule has 8 rings (SSSR count). The van der Waals surface area contributed by atoms with Crippen molar-refractivity contribution in [1.29, 1.82) is 0 Å². The number of thiazole rings is 2. The molecule has 1 saturated carbocycles. The molecule has 0 spiro atoms. The lowest BCUT2D eigenvalue weighted by Gasteiger charge is -2.25. The number of halogens is 2. The van der Waals surface area contributed by atoms with Gasteiger partial charge in [-0.3, -0.25) is 4.79 Å². The Morgan fingerprint density at radius 3 is 2.29 bits per heavy atom. The second kappa shape index (κ2) is 13.6. The number of alkyl halides is 2. The molecule has 2 unspecified atom stereocenters. The van der Waals surface area contributed by atoms with Crippen LogP contribution in [0.15, 0.2) is 76.5 Å². The van der Waals surface area contributed by atoms with Crippen LogP contribution in [-0.4, -0.2) is 54.4 Å². The van der Waals surface area contributed by atoms with Crippen LogP contribution in [0.2, 0.25) is 0 Å². The highest BCUT2D eigenvalue weighted by atomic mass is 32.2. The minimum atomic E-state index is -3.76. The van der Waals surface area contributed by atoms with Crippen LogP contribution >= 0.6 is 22.7 Å². The molecule has 4 aromatic heterocycles. The highest BCUT2D eigenvalue weighted by Gasteiger charge is 2.41. The van der Waals surface area contributed by atoms with Crippen molar-refractivity contribution in [3.05, 3.63) is 72.3 Å². The van der Waals surface area contributed by atoms with Crippen LogP contribution in [0, 0.1) is 5.92 Å². The predicted octanol–water partition coefficient (Wildman–Crippen LogP) is 7.42. The predicted molar refractivity (Wildman–Crippen MR) is 192 cm³/mol. The lowest BCUT2D eigenvalue weighted by molar-refractivity contribution is -0.118. The van der Waals surface area contributed by atoms with E-state index in [-0.39, 0.29) is 35.0 Å². The Bertz CT molecular complexity index is 2390. The Labute approximate surface area is 299 Å². The molecule has 0 bridgehead atoms. The number of para-hydroxylation sites is 1. The average Bonchev–Trinajstić information content (AvgIpc) is 3.80. The van der Waals surface area contributed by atoms with Gasteiger partial charge in [0, 0.05) is 25.0 Å². The molecule has 1 aliphatic heterocycles. The number of ether oxygens (including phenoxy) is 2. The number of fused-ring (bicyclic) bond motifs is 4. The van der Waals surface area contributed by atoms with Gasteiger partial charge in [0.15, 0.2) is 10.3 Å². The maximum atomic E-state index is 14.0. The van der Waals surface area contributed by atoms with Gasteiger partial charge in [-0.15, -0.1) is 0 Å². The molecule has 5 heterocycles. The fraction of sp³-hybridized carbons (Fsp3) is 0.265. The number of rotatable bonds is 7. The molecule has 0 radical (unpaired) electrons. The van der Waals surface area contributed by atoms with Crippen LogP contribution in [-0.2, 0) is 14.6 Å². The molecule has 2 aromatic carbocycles. The molecule has 17 heteroatoms. The number of nitrogens with zero attached hydrogens (tertiary/aromatic N) is 4. The zero-order valence-electron chi connectivity index (χ0n) is 27.2. The second-order valence-electron chi connectivity index (χ2n) is 12.0. The Kier molecular flexibility index (Phi) is 9.19. The molecule has 1 aliphatic carbocycles. The Morgan fingerprint density at radius 2 is 1.61 bits per heavy atom. The Morgan fingerprint density at radius 1 is 0.941 bits per heavy atom. The van der Waals surface area contributed by atoms with E-state index in [1.165, 1.54) is 41.9 Å². The number of hydrogen-bond donors (Lipinski definition) is 3. The summed E-state index contributed by atoms with van der Waals surface area (Å²) in [5, 5.41) is 6.85. The molecule has 2 aliphatic rings. The van der Waals surface area contributed by atoms with E-state index in [2.05, 4.69) is 30.6 Å². The SMILES string of the molecule is COc1ccc2nc(N)sc2n1.COc1ccc2nc(NC(=O)C(CC3CCC(F)(F)C3)c3ccc4c(c3)Nc3ccccc3S4(=O)=O)sc2n1. The largest absolute Gasteiger partial charge is 0.481 e. The first kappa shape index (κ1) is 34.4. The van der Waals surface area contributed by atoms with Crippen molar-refractivity contribution in [2.24, 2.45) is 5.92 Å². The van der Waals surface area contributed by atoms with Crippen LogP contribution < -0.4 is 25.8 Å². The van der Waals surface area contributed by atoms with E-state index in [4.69, 9.17) is 15.2 Å². The number of nitrogens with two attached hydrogens (primary N) is 1. The van der Waals surface area contributed by atoms with Crippen LogP contribution in [0.3, 0.4) is 0 Å². The second-order valence-corrected chi connectivity index (χ2v) is 15.9. The van der Waals surface area contributed by atoms with E-state index in [0.29, 0.717) is 55.7 Å². The molecule has 6 aromatic rings. The number of anilines is 4. The zero-order valence-corrected chi connectivity index (χ0v) is 29.7. The van der Waals surface area contributed by atoms with E-state index in [9.17, 15) is 22.0 Å². The summed E-state index contributed by atoms with van der Waals surface area (Å²) in [6, 6.07) is 18.3. The van der Waals surface area contributed by atoms with Crippen molar-refractivity contribution in [3.8, 4) is 11.8 Å². The van der Waals surface area contributed by atoms with Crippen molar-refractivity contribution >= 4 is 80.8 Å². The van der Waals surface area contributed by atoms with Gasteiger partial charge in [-0.2, -0.15) is 0 Å². The minimum Gasteiger partial charge on any atom is -0.481 e. The summed E-state index contributed by atoms with van der Waals surface area (Å²) in [5.74, 6) is -3.31. The summed E-state index contributed by atoms with van der Waals surface area (Å²) in [6.07, 6.45) is 0.0117. The number of pyridine rings is 2. The van der Waals surface area contributed by atoms with Gasteiger partial charge >= 0.3 is 0 Å². The van der Waals surface area contributed by atoms with Crippen LogP contribution in [0.25, 0.3) is 20.7 Å². The normalized spacial score (nSPS) is 17.4. The number of hydrogen-bond acceptors (Lipinski definition) is 13. The first-order valence-electron chi connectivity index (χ1n) is 15.7. The highest BCUT2D eigenvalue weighted by Crippen LogP contribution is 2.45. The molecule has 51 heavy (non-hydrogen) atoms. The summed E-state index contributed by atoms with van der Waals surface area (Å²) in [7, 11) is -0.671. The molecule has 1 amide bonds. The lowest BCUT2D eigenvalue weighted by atomic mass is 9.87. The smallest absolute Gasteiger partial charge is 0.248 e. The number of carbonyl (C=O) groups is 1. The Hall–Kier alpha value is -5.00. The monoisotopic (exact) mass is 751 g/mol. The topological polar surface area (TPSA) is 171 Å². The molecule has 12 nitrogen and oxygen atoms in total. The van der Waals surface area contributed by atoms with Crippen LogP contribution in [0.1, 0.15) is 37.2 Å². The van der Waals surface area contributed by atoms with E-state index in [1.54, 1.807) is 55.6 Å². The van der Waals surface area contributed by atoms with Crippen molar-refractivity contribution in [2.75, 3.05) is 30.6 Å². The number of benzene rings is 2. The Balaban J connectivity index is 0.000000285. The molecular weight excluding hydrogens is 721 g/mol. The third kappa shape index (κ3) is 7.13. The fourth-order valence-corrected chi connectivity index (χ4v) is 9.30. The number of carbonyl (C=O) groups excluding carboxylic acids is 1. The number of amides is 1. The summed E-state index contributed by atoms with van der Waals surface area (Å²) in [6.45, 7) is 0. The number of sulfone groups is 1. The summed E-state index contributed by atoms with van der Waals surface area (Å²) in [4.78, 5) is 32.3. The maximum Gasteiger partial charge on any atom is 0.248 e.